The molecule has 110 valence electrons. The molecule has 0 bridgehead atoms. The largest absolute Gasteiger partial charge is 0.496 e. The van der Waals surface area contributed by atoms with Gasteiger partial charge in [0.25, 0.3) is 0 Å². The smallest absolute Gasteiger partial charge is 0.123 e. The van der Waals surface area contributed by atoms with E-state index in [2.05, 4.69) is 18.7 Å². The molecular weight excluding hydrogens is 272 g/mol. The van der Waals surface area contributed by atoms with Crippen molar-refractivity contribution < 1.29 is 9.47 Å². The van der Waals surface area contributed by atoms with E-state index in [1.54, 1.807) is 7.11 Å². The number of benzene rings is 1. The normalized spacial score (nSPS) is 23.6. The number of thiocarbonyl (C=S) groups is 1. The quantitative estimate of drug-likeness (QED) is 0.860. The van der Waals surface area contributed by atoms with Crippen LogP contribution in [0.25, 0.3) is 0 Å². The summed E-state index contributed by atoms with van der Waals surface area (Å²) in [6.07, 6.45) is 0.507. The SMILES string of the molecule is COc1ccc(C(N)=S)cc1CN1C[C@@H](C)O[C@@H](C)C1. The van der Waals surface area contributed by atoms with Crippen molar-refractivity contribution in [2.75, 3.05) is 20.2 Å². The highest BCUT2D eigenvalue weighted by Crippen LogP contribution is 2.23. The minimum Gasteiger partial charge on any atom is -0.496 e. The monoisotopic (exact) mass is 294 g/mol. The molecule has 0 aliphatic carbocycles. The summed E-state index contributed by atoms with van der Waals surface area (Å²) in [6, 6.07) is 5.85. The third-order valence-electron chi connectivity index (χ3n) is 3.45. The highest BCUT2D eigenvalue weighted by Gasteiger charge is 2.23. The second kappa shape index (κ2) is 6.52. The summed E-state index contributed by atoms with van der Waals surface area (Å²) in [6.45, 7) is 6.86. The predicted molar refractivity (Wildman–Crippen MR) is 84.2 cm³/mol. The maximum Gasteiger partial charge on any atom is 0.123 e. The number of nitrogens with zero attached hydrogens (tertiary/aromatic N) is 1. The fourth-order valence-corrected chi connectivity index (χ4v) is 2.84. The van der Waals surface area contributed by atoms with Crippen LogP contribution in [0.2, 0.25) is 0 Å². The van der Waals surface area contributed by atoms with E-state index < -0.39 is 0 Å². The van der Waals surface area contributed by atoms with Gasteiger partial charge in [-0.2, -0.15) is 0 Å². The van der Waals surface area contributed by atoms with Crippen LogP contribution in [-0.2, 0) is 11.3 Å². The van der Waals surface area contributed by atoms with Gasteiger partial charge in [0.15, 0.2) is 0 Å². The summed E-state index contributed by atoms with van der Waals surface area (Å²) in [5.41, 5.74) is 7.70. The van der Waals surface area contributed by atoms with Crippen LogP contribution in [0.3, 0.4) is 0 Å². The van der Waals surface area contributed by atoms with Crippen LogP contribution in [0.5, 0.6) is 5.75 Å². The maximum atomic E-state index is 5.76. The Labute approximate surface area is 125 Å². The van der Waals surface area contributed by atoms with Crippen molar-refractivity contribution >= 4 is 17.2 Å². The van der Waals surface area contributed by atoms with Crippen molar-refractivity contribution in [3.05, 3.63) is 29.3 Å². The Kier molecular flexibility index (Phi) is 4.96. The second-order valence-corrected chi connectivity index (χ2v) is 5.78. The highest BCUT2D eigenvalue weighted by atomic mass is 32.1. The van der Waals surface area contributed by atoms with Crippen LogP contribution in [0.4, 0.5) is 0 Å². The molecule has 4 nitrogen and oxygen atoms in total. The van der Waals surface area contributed by atoms with Gasteiger partial charge in [-0.1, -0.05) is 12.2 Å². The van der Waals surface area contributed by atoms with Gasteiger partial charge in [-0.3, -0.25) is 4.90 Å². The van der Waals surface area contributed by atoms with Crippen LogP contribution in [-0.4, -0.2) is 42.3 Å². The third kappa shape index (κ3) is 3.69. The number of hydrogen-bond donors (Lipinski definition) is 1. The summed E-state index contributed by atoms with van der Waals surface area (Å²) in [5, 5.41) is 0. The molecule has 20 heavy (non-hydrogen) atoms. The van der Waals surface area contributed by atoms with Crippen molar-refractivity contribution in [2.24, 2.45) is 5.73 Å². The van der Waals surface area contributed by atoms with Gasteiger partial charge in [0, 0.05) is 30.8 Å². The van der Waals surface area contributed by atoms with Crippen LogP contribution >= 0.6 is 12.2 Å². The molecule has 0 unspecified atom stereocenters. The van der Waals surface area contributed by atoms with Gasteiger partial charge < -0.3 is 15.2 Å². The van der Waals surface area contributed by atoms with Crippen molar-refractivity contribution in [1.29, 1.82) is 0 Å². The first-order valence-corrected chi connectivity index (χ1v) is 7.25. The Morgan fingerprint density at radius 1 is 1.40 bits per heavy atom. The van der Waals surface area contributed by atoms with E-state index in [1.807, 2.05) is 18.2 Å². The summed E-state index contributed by atoms with van der Waals surface area (Å²) in [7, 11) is 1.68. The molecule has 0 radical (unpaired) electrons. The number of morpholine rings is 1. The fraction of sp³-hybridized carbons (Fsp3) is 0.533. The van der Waals surface area contributed by atoms with E-state index in [0.717, 1.165) is 36.5 Å². The van der Waals surface area contributed by atoms with Gasteiger partial charge in [0.1, 0.15) is 10.7 Å². The summed E-state index contributed by atoms with van der Waals surface area (Å²) < 4.78 is 11.2. The molecule has 1 aliphatic rings. The summed E-state index contributed by atoms with van der Waals surface area (Å²) in [4.78, 5) is 2.79. The van der Waals surface area contributed by atoms with E-state index in [1.165, 1.54) is 0 Å². The lowest BCUT2D eigenvalue weighted by atomic mass is 10.1. The topological polar surface area (TPSA) is 47.7 Å². The van der Waals surface area contributed by atoms with Gasteiger partial charge in [0.2, 0.25) is 0 Å². The van der Waals surface area contributed by atoms with Crippen LogP contribution in [0.15, 0.2) is 18.2 Å². The Morgan fingerprint density at radius 3 is 2.60 bits per heavy atom. The standard InChI is InChI=1S/C15H22N2O2S/c1-10-7-17(8-11(2)19-10)9-13-6-12(15(16)20)4-5-14(13)18-3/h4-6,10-11H,7-9H2,1-3H3,(H2,16,20)/t10-,11+. The van der Waals surface area contributed by atoms with E-state index in [0.29, 0.717) is 4.99 Å². The number of hydrogen-bond acceptors (Lipinski definition) is 4. The molecule has 2 atom stereocenters. The van der Waals surface area contributed by atoms with E-state index >= 15 is 0 Å². The Morgan fingerprint density at radius 2 is 2.05 bits per heavy atom. The molecule has 1 fully saturated rings. The highest BCUT2D eigenvalue weighted by molar-refractivity contribution is 7.80. The minimum atomic E-state index is 0.253. The molecule has 0 saturated carbocycles. The number of methoxy groups -OCH3 is 1. The molecular formula is C15H22N2O2S. The van der Waals surface area contributed by atoms with Crippen molar-refractivity contribution in [3.63, 3.8) is 0 Å². The van der Waals surface area contributed by atoms with Crippen molar-refractivity contribution in [3.8, 4) is 5.75 Å². The molecule has 2 rings (SSSR count). The molecule has 0 spiro atoms. The maximum absolute atomic E-state index is 5.76. The zero-order chi connectivity index (χ0) is 14.7. The molecule has 1 aliphatic heterocycles. The first-order valence-electron chi connectivity index (χ1n) is 6.84. The number of nitrogens with two attached hydrogens (primary N) is 1. The predicted octanol–water partition coefficient (Wildman–Crippen LogP) is 1.94. The minimum absolute atomic E-state index is 0.253. The molecule has 2 N–H and O–H groups in total. The molecule has 1 saturated heterocycles. The molecule has 5 heteroatoms. The molecule has 0 amide bonds. The van der Waals surface area contributed by atoms with E-state index in [9.17, 15) is 0 Å². The lowest BCUT2D eigenvalue weighted by molar-refractivity contribution is -0.0706. The van der Waals surface area contributed by atoms with Gasteiger partial charge in [-0.15, -0.1) is 0 Å². The lowest BCUT2D eigenvalue weighted by Gasteiger charge is -2.35. The zero-order valence-electron chi connectivity index (χ0n) is 12.3. The first-order chi connectivity index (χ1) is 9.49. The van der Waals surface area contributed by atoms with Crippen LogP contribution < -0.4 is 10.5 Å². The average Bonchev–Trinajstić information content (AvgIpc) is 2.37. The van der Waals surface area contributed by atoms with E-state index in [4.69, 9.17) is 27.4 Å². The van der Waals surface area contributed by atoms with Gasteiger partial charge in [-0.05, 0) is 32.0 Å². The second-order valence-electron chi connectivity index (χ2n) is 5.34. The van der Waals surface area contributed by atoms with Crippen LogP contribution in [0.1, 0.15) is 25.0 Å². The lowest BCUT2D eigenvalue weighted by Crippen LogP contribution is -2.44. The number of rotatable bonds is 4. The van der Waals surface area contributed by atoms with Crippen molar-refractivity contribution in [2.45, 2.75) is 32.6 Å². The third-order valence-corrected chi connectivity index (χ3v) is 3.69. The Bertz CT molecular complexity index is 483. The van der Waals surface area contributed by atoms with Crippen LogP contribution in [0, 0.1) is 0 Å². The molecule has 1 aromatic rings. The van der Waals surface area contributed by atoms with Gasteiger partial charge in [0.05, 0.1) is 19.3 Å². The summed E-state index contributed by atoms with van der Waals surface area (Å²) >= 11 is 5.05. The molecule has 0 aromatic heterocycles. The van der Waals surface area contributed by atoms with Crippen molar-refractivity contribution in [1.82, 2.24) is 4.90 Å². The first kappa shape index (κ1) is 15.2. The zero-order valence-corrected chi connectivity index (χ0v) is 13.1. The molecule has 1 aromatic carbocycles. The van der Waals surface area contributed by atoms with Gasteiger partial charge >= 0.3 is 0 Å². The number of ether oxygens (including phenoxy) is 2. The van der Waals surface area contributed by atoms with E-state index in [-0.39, 0.29) is 12.2 Å². The Balaban J connectivity index is 2.18. The fourth-order valence-electron chi connectivity index (χ4n) is 2.71. The average molecular weight is 294 g/mol. The summed E-state index contributed by atoms with van der Waals surface area (Å²) in [5.74, 6) is 0.872. The molecule has 1 heterocycles. The Hall–Kier alpha value is -1.17. The van der Waals surface area contributed by atoms with Gasteiger partial charge in [-0.25, -0.2) is 0 Å².